The summed E-state index contributed by atoms with van der Waals surface area (Å²) in [4.78, 5) is 25.9. The number of aromatic nitrogens is 1. The Labute approximate surface area is 148 Å². The molecule has 3 rings (SSSR count). The van der Waals surface area contributed by atoms with Gasteiger partial charge in [-0.1, -0.05) is 5.16 Å². The molecule has 1 aromatic heterocycles. The van der Waals surface area contributed by atoms with E-state index in [0.29, 0.717) is 0 Å². The van der Waals surface area contributed by atoms with E-state index in [4.69, 9.17) is 10.6 Å². The number of anilines is 1. The first-order chi connectivity index (χ1) is 12.3. The van der Waals surface area contributed by atoms with Crippen LogP contribution in [0.3, 0.4) is 0 Å². The number of carbonyl (C=O) groups excluding carboxylic acids is 1. The van der Waals surface area contributed by atoms with E-state index >= 15 is 0 Å². The maximum atomic E-state index is 12.1. The highest BCUT2D eigenvalue weighted by Crippen LogP contribution is 2.21. The molecular formula is C18H27N5O2. The molecule has 3 heterocycles. The molecule has 2 aliphatic rings. The van der Waals surface area contributed by atoms with E-state index in [9.17, 15) is 4.79 Å². The predicted octanol–water partition coefficient (Wildman–Crippen LogP) is 1.72. The Morgan fingerprint density at radius 2 is 1.80 bits per heavy atom. The van der Waals surface area contributed by atoms with Crippen LogP contribution in [-0.4, -0.2) is 54.4 Å². The SMILES string of the molecule is N/C(=N/OCC(=O)N1CCCCC1)c1cccnc1N1CCCCC1. The zero-order valence-corrected chi connectivity index (χ0v) is 14.7. The summed E-state index contributed by atoms with van der Waals surface area (Å²) in [5, 5.41) is 3.96. The number of hydrogen-bond acceptors (Lipinski definition) is 5. The summed E-state index contributed by atoms with van der Waals surface area (Å²) in [5.41, 5.74) is 6.86. The molecule has 7 nitrogen and oxygen atoms in total. The predicted molar refractivity (Wildman–Crippen MR) is 97.4 cm³/mol. The highest BCUT2D eigenvalue weighted by atomic mass is 16.6. The number of hydrogen-bond donors (Lipinski definition) is 1. The molecule has 0 bridgehead atoms. The summed E-state index contributed by atoms with van der Waals surface area (Å²) in [6.07, 6.45) is 8.65. The fourth-order valence-corrected chi connectivity index (χ4v) is 3.40. The van der Waals surface area contributed by atoms with Crippen LogP contribution in [0.2, 0.25) is 0 Å². The fourth-order valence-electron chi connectivity index (χ4n) is 3.40. The fraction of sp³-hybridized carbons (Fsp3) is 0.611. The summed E-state index contributed by atoms with van der Waals surface area (Å²) in [6, 6.07) is 3.73. The van der Waals surface area contributed by atoms with Gasteiger partial charge in [-0.05, 0) is 50.7 Å². The first-order valence-corrected chi connectivity index (χ1v) is 9.19. The van der Waals surface area contributed by atoms with Crippen LogP contribution in [0.4, 0.5) is 5.82 Å². The number of nitrogens with zero attached hydrogens (tertiary/aromatic N) is 4. The maximum absolute atomic E-state index is 12.1. The quantitative estimate of drug-likeness (QED) is 0.499. The summed E-state index contributed by atoms with van der Waals surface area (Å²) in [5.74, 6) is 1.08. The molecule has 1 aromatic rings. The minimum Gasteiger partial charge on any atom is -0.384 e. The Balaban J connectivity index is 1.61. The third-order valence-electron chi connectivity index (χ3n) is 4.78. The van der Waals surface area contributed by atoms with E-state index < -0.39 is 0 Å². The summed E-state index contributed by atoms with van der Waals surface area (Å²) in [6.45, 7) is 3.50. The van der Waals surface area contributed by atoms with Crippen molar-refractivity contribution >= 4 is 17.6 Å². The van der Waals surface area contributed by atoms with E-state index in [-0.39, 0.29) is 18.3 Å². The van der Waals surface area contributed by atoms with Gasteiger partial charge in [0.25, 0.3) is 5.91 Å². The van der Waals surface area contributed by atoms with Gasteiger partial charge < -0.3 is 20.4 Å². The smallest absolute Gasteiger partial charge is 0.263 e. The Hall–Kier alpha value is -2.31. The monoisotopic (exact) mass is 345 g/mol. The van der Waals surface area contributed by atoms with Crippen molar-refractivity contribution in [3.63, 3.8) is 0 Å². The molecule has 2 fully saturated rings. The van der Waals surface area contributed by atoms with Gasteiger partial charge in [0.05, 0.1) is 5.56 Å². The molecule has 0 aromatic carbocycles. The van der Waals surface area contributed by atoms with E-state index in [2.05, 4.69) is 15.0 Å². The number of carbonyl (C=O) groups is 1. The lowest BCUT2D eigenvalue weighted by Crippen LogP contribution is -2.37. The Bertz CT molecular complexity index is 607. The van der Waals surface area contributed by atoms with Gasteiger partial charge in [0.1, 0.15) is 5.82 Å². The molecule has 7 heteroatoms. The summed E-state index contributed by atoms with van der Waals surface area (Å²) >= 11 is 0. The standard InChI is InChI=1S/C18H27N5O2/c19-17(21-25-14-16(24)22-10-3-1-4-11-22)15-8-7-9-20-18(15)23-12-5-2-6-13-23/h7-9H,1-6,10-14H2,(H2,19,21). The minimum absolute atomic E-state index is 0.0290. The van der Waals surface area contributed by atoms with Crippen LogP contribution in [0.15, 0.2) is 23.5 Å². The Morgan fingerprint density at radius 3 is 2.52 bits per heavy atom. The van der Waals surface area contributed by atoms with E-state index in [0.717, 1.165) is 63.2 Å². The van der Waals surface area contributed by atoms with Crippen LogP contribution in [0.25, 0.3) is 0 Å². The van der Waals surface area contributed by atoms with Crippen LogP contribution >= 0.6 is 0 Å². The van der Waals surface area contributed by atoms with Gasteiger partial charge in [-0.2, -0.15) is 0 Å². The molecule has 0 unspecified atom stereocenters. The van der Waals surface area contributed by atoms with Crippen molar-refractivity contribution in [3.8, 4) is 0 Å². The molecular weight excluding hydrogens is 318 g/mol. The second kappa shape index (κ2) is 8.69. The first-order valence-electron chi connectivity index (χ1n) is 9.19. The molecule has 0 aliphatic carbocycles. The molecule has 0 spiro atoms. The van der Waals surface area contributed by atoms with Crippen molar-refractivity contribution in [2.24, 2.45) is 10.9 Å². The van der Waals surface area contributed by atoms with Crippen molar-refractivity contribution < 1.29 is 9.63 Å². The molecule has 0 radical (unpaired) electrons. The van der Waals surface area contributed by atoms with Gasteiger partial charge in [0.2, 0.25) is 0 Å². The Kier molecular flexibility index (Phi) is 6.09. The van der Waals surface area contributed by atoms with Crippen molar-refractivity contribution in [3.05, 3.63) is 23.9 Å². The number of amides is 1. The number of amidine groups is 1. The third kappa shape index (κ3) is 4.61. The minimum atomic E-state index is -0.0694. The number of likely N-dealkylation sites (tertiary alicyclic amines) is 1. The topological polar surface area (TPSA) is 84.0 Å². The molecule has 0 saturated carbocycles. The lowest BCUT2D eigenvalue weighted by molar-refractivity contribution is -0.137. The summed E-state index contributed by atoms with van der Waals surface area (Å²) < 4.78 is 0. The second-order valence-corrected chi connectivity index (χ2v) is 6.61. The lowest BCUT2D eigenvalue weighted by atomic mass is 10.1. The normalized spacial score (nSPS) is 19.0. The molecule has 2 aliphatic heterocycles. The Morgan fingerprint density at radius 1 is 1.12 bits per heavy atom. The van der Waals surface area contributed by atoms with Gasteiger partial charge in [0.15, 0.2) is 12.4 Å². The third-order valence-corrected chi connectivity index (χ3v) is 4.78. The van der Waals surface area contributed by atoms with Crippen LogP contribution in [0.5, 0.6) is 0 Å². The first kappa shape index (κ1) is 17.5. The highest BCUT2D eigenvalue weighted by Gasteiger charge is 2.19. The zero-order valence-electron chi connectivity index (χ0n) is 14.7. The van der Waals surface area contributed by atoms with Crippen molar-refractivity contribution in [2.75, 3.05) is 37.7 Å². The average molecular weight is 345 g/mol. The second-order valence-electron chi connectivity index (χ2n) is 6.61. The van der Waals surface area contributed by atoms with Crippen LogP contribution < -0.4 is 10.6 Å². The van der Waals surface area contributed by atoms with Crippen LogP contribution in [-0.2, 0) is 9.63 Å². The molecule has 2 saturated heterocycles. The van der Waals surface area contributed by atoms with Crippen LogP contribution in [0.1, 0.15) is 44.1 Å². The van der Waals surface area contributed by atoms with Crippen LogP contribution in [0, 0.1) is 0 Å². The maximum Gasteiger partial charge on any atom is 0.263 e. The van der Waals surface area contributed by atoms with E-state index in [1.54, 1.807) is 6.20 Å². The molecule has 1 amide bonds. The van der Waals surface area contributed by atoms with Gasteiger partial charge in [-0.3, -0.25) is 4.79 Å². The van der Waals surface area contributed by atoms with E-state index in [1.807, 2.05) is 17.0 Å². The van der Waals surface area contributed by atoms with Crippen molar-refractivity contribution in [1.29, 1.82) is 0 Å². The molecule has 25 heavy (non-hydrogen) atoms. The highest BCUT2D eigenvalue weighted by molar-refractivity contribution is 6.01. The largest absolute Gasteiger partial charge is 0.384 e. The summed E-state index contributed by atoms with van der Waals surface area (Å²) in [7, 11) is 0. The molecule has 136 valence electrons. The number of nitrogens with two attached hydrogens (primary N) is 1. The van der Waals surface area contributed by atoms with Gasteiger partial charge in [-0.15, -0.1) is 0 Å². The number of pyridine rings is 1. The zero-order chi connectivity index (χ0) is 17.5. The number of rotatable bonds is 5. The van der Waals surface area contributed by atoms with Gasteiger partial charge in [-0.25, -0.2) is 4.98 Å². The molecule has 2 N–H and O–H groups in total. The average Bonchev–Trinajstić information content (AvgIpc) is 2.69. The number of oxime groups is 1. The van der Waals surface area contributed by atoms with E-state index in [1.165, 1.54) is 12.8 Å². The van der Waals surface area contributed by atoms with Gasteiger partial charge >= 0.3 is 0 Å². The van der Waals surface area contributed by atoms with Crippen molar-refractivity contribution in [2.45, 2.75) is 38.5 Å². The van der Waals surface area contributed by atoms with Crippen molar-refractivity contribution in [1.82, 2.24) is 9.88 Å². The lowest BCUT2D eigenvalue weighted by Gasteiger charge is -2.29. The number of piperidine rings is 2. The van der Waals surface area contributed by atoms with Gasteiger partial charge in [0, 0.05) is 32.4 Å². The molecule has 0 atom stereocenters.